The number of amides is 1. The molecular formula is C14H20N2O2. The summed E-state index contributed by atoms with van der Waals surface area (Å²) in [5.41, 5.74) is 7.82. The Labute approximate surface area is 108 Å². The monoisotopic (exact) mass is 248 g/mol. The Balaban J connectivity index is 2.00. The highest BCUT2D eigenvalue weighted by atomic mass is 16.5. The van der Waals surface area contributed by atoms with E-state index in [0.717, 1.165) is 37.4 Å². The van der Waals surface area contributed by atoms with Gasteiger partial charge in [0, 0.05) is 24.4 Å². The van der Waals surface area contributed by atoms with E-state index in [2.05, 4.69) is 5.32 Å². The molecule has 1 aliphatic rings. The number of hydrogen-bond acceptors (Lipinski definition) is 3. The van der Waals surface area contributed by atoms with Crippen molar-refractivity contribution in [3.05, 3.63) is 29.3 Å². The smallest absolute Gasteiger partial charge is 0.249 e. The summed E-state index contributed by atoms with van der Waals surface area (Å²) in [6, 6.07) is 5.59. The van der Waals surface area contributed by atoms with Crippen molar-refractivity contribution >= 4 is 11.6 Å². The van der Waals surface area contributed by atoms with Crippen molar-refractivity contribution in [3.8, 4) is 0 Å². The van der Waals surface area contributed by atoms with Gasteiger partial charge in [-0.3, -0.25) is 4.79 Å². The minimum Gasteiger partial charge on any atom is -0.384 e. The van der Waals surface area contributed by atoms with E-state index in [1.807, 2.05) is 19.1 Å². The summed E-state index contributed by atoms with van der Waals surface area (Å²) in [6.45, 7) is 4.50. The van der Waals surface area contributed by atoms with E-state index >= 15 is 0 Å². The number of nitrogens with one attached hydrogen (secondary N) is 1. The van der Waals surface area contributed by atoms with Crippen molar-refractivity contribution in [1.82, 2.24) is 0 Å². The van der Waals surface area contributed by atoms with Crippen LogP contribution in [0, 0.1) is 12.8 Å². The van der Waals surface area contributed by atoms with Crippen LogP contribution in [0.3, 0.4) is 0 Å². The van der Waals surface area contributed by atoms with Crippen LogP contribution in [0.25, 0.3) is 0 Å². The number of benzene rings is 1. The molecule has 1 aromatic rings. The molecule has 1 amide bonds. The summed E-state index contributed by atoms with van der Waals surface area (Å²) in [6.07, 6.45) is 2.33. The number of rotatable bonds is 4. The first-order valence-electron chi connectivity index (χ1n) is 6.39. The molecule has 1 unspecified atom stereocenters. The van der Waals surface area contributed by atoms with Gasteiger partial charge in [0.1, 0.15) is 0 Å². The van der Waals surface area contributed by atoms with E-state index in [1.54, 1.807) is 6.07 Å². The molecule has 98 valence electrons. The standard InChI is InChI=1S/C14H20N2O2/c1-10-12(14(15)17)5-2-6-13(10)16-8-11-4-3-7-18-9-11/h2,5-6,11,16H,3-4,7-9H2,1H3,(H2,15,17). The Morgan fingerprint density at radius 1 is 1.56 bits per heavy atom. The molecule has 1 aliphatic heterocycles. The van der Waals surface area contributed by atoms with Crippen molar-refractivity contribution in [2.24, 2.45) is 11.7 Å². The molecule has 1 atom stereocenters. The average molecular weight is 248 g/mol. The van der Waals surface area contributed by atoms with E-state index in [1.165, 1.54) is 6.42 Å². The molecule has 1 fully saturated rings. The summed E-state index contributed by atoms with van der Waals surface area (Å²) < 4.78 is 5.45. The van der Waals surface area contributed by atoms with Gasteiger partial charge < -0.3 is 15.8 Å². The van der Waals surface area contributed by atoms with Crippen molar-refractivity contribution in [1.29, 1.82) is 0 Å². The van der Waals surface area contributed by atoms with Crippen LogP contribution < -0.4 is 11.1 Å². The molecule has 0 spiro atoms. The van der Waals surface area contributed by atoms with Gasteiger partial charge in [-0.2, -0.15) is 0 Å². The fraction of sp³-hybridized carbons (Fsp3) is 0.500. The number of carbonyl (C=O) groups excluding carboxylic acids is 1. The Morgan fingerprint density at radius 2 is 2.39 bits per heavy atom. The predicted molar refractivity (Wildman–Crippen MR) is 71.7 cm³/mol. The van der Waals surface area contributed by atoms with Gasteiger partial charge in [0.15, 0.2) is 0 Å². The number of nitrogens with two attached hydrogens (primary N) is 1. The molecule has 0 aliphatic carbocycles. The summed E-state index contributed by atoms with van der Waals surface area (Å²) in [5.74, 6) is 0.174. The highest BCUT2D eigenvalue weighted by Crippen LogP contribution is 2.20. The quantitative estimate of drug-likeness (QED) is 0.855. The molecule has 4 heteroatoms. The minimum absolute atomic E-state index is 0.378. The van der Waals surface area contributed by atoms with E-state index in [9.17, 15) is 4.79 Å². The normalized spacial score (nSPS) is 19.5. The molecule has 0 aromatic heterocycles. The lowest BCUT2D eigenvalue weighted by Gasteiger charge is -2.23. The van der Waals surface area contributed by atoms with Gasteiger partial charge in [-0.05, 0) is 43.4 Å². The van der Waals surface area contributed by atoms with Crippen LogP contribution >= 0.6 is 0 Å². The molecule has 0 saturated carbocycles. The average Bonchev–Trinajstić information content (AvgIpc) is 2.38. The van der Waals surface area contributed by atoms with Gasteiger partial charge in [-0.25, -0.2) is 0 Å². The maximum atomic E-state index is 11.3. The van der Waals surface area contributed by atoms with Crippen LogP contribution in [0.15, 0.2) is 18.2 Å². The molecule has 18 heavy (non-hydrogen) atoms. The summed E-state index contributed by atoms with van der Waals surface area (Å²) >= 11 is 0. The van der Waals surface area contributed by atoms with E-state index in [-0.39, 0.29) is 5.91 Å². The third-order valence-electron chi connectivity index (χ3n) is 3.44. The lowest BCUT2D eigenvalue weighted by molar-refractivity contribution is 0.0595. The van der Waals surface area contributed by atoms with Crippen molar-refractivity contribution < 1.29 is 9.53 Å². The maximum absolute atomic E-state index is 11.3. The van der Waals surface area contributed by atoms with E-state index in [0.29, 0.717) is 11.5 Å². The first-order valence-corrected chi connectivity index (χ1v) is 6.39. The maximum Gasteiger partial charge on any atom is 0.249 e. The third kappa shape index (κ3) is 3.01. The van der Waals surface area contributed by atoms with Crippen LogP contribution in [0.4, 0.5) is 5.69 Å². The van der Waals surface area contributed by atoms with Gasteiger partial charge in [-0.1, -0.05) is 6.07 Å². The Kier molecular flexibility index (Phi) is 4.20. The van der Waals surface area contributed by atoms with Crippen LogP contribution in [0.2, 0.25) is 0 Å². The molecule has 1 heterocycles. The fourth-order valence-electron chi connectivity index (χ4n) is 2.32. The van der Waals surface area contributed by atoms with E-state index < -0.39 is 0 Å². The van der Waals surface area contributed by atoms with Gasteiger partial charge >= 0.3 is 0 Å². The van der Waals surface area contributed by atoms with Crippen molar-refractivity contribution in [3.63, 3.8) is 0 Å². The largest absolute Gasteiger partial charge is 0.384 e. The molecule has 3 N–H and O–H groups in total. The summed E-state index contributed by atoms with van der Waals surface area (Å²) in [5, 5.41) is 3.39. The fourth-order valence-corrected chi connectivity index (χ4v) is 2.32. The lowest BCUT2D eigenvalue weighted by Crippen LogP contribution is -2.24. The van der Waals surface area contributed by atoms with Gasteiger partial charge in [0.2, 0.25) is 5.91 Å². The molecule has 2 rings (SSSR count). The van der Waals surface area contributed by atoms with Crippen LogP contribution in [0.5, 0.6) is 0 Å². The van der Waals surface area contributed by atoms with Crippen LogP contribution in [-0.4, -0.2) is 25.7 Å². The SMILES string of the molecule is Cc1c(NCC2CCCOC2)cccc1C(N)=O. The third-order valence-corrected chi connectivity index (χ3v) is 3.44. The number of primary amides is 1. The number of anilines is 1. The molecular weight excluding hydrogens is 228 g/mol. The predicted octanol–water partition coefficient (Wildman–Crippen LogP) is 1.93. The van der Waals surface area contributed by atoms with Gasteiger partial charge in [0.05, 0.1) is 6.61 Å². The zero-order chi connectivity index (χ0) is 13.0. The second-order valence-electron chi connectivity index (χ2n) is 4.81. The summed E-state index contributed by atoms with van der Waals surface area (Å²) in [7, 11) is 0. The summed E-state index contributed by atoms with van der Waals surface area (Å²) in [4.78, 5) is 11.3. The van der Waals surface area contributed by atoms with E-state index in [4.69, 9.17) is 10.5 Å². The molecule has 0 radical (unpaired) electrons. The highest BCUT2D eigenvalue weighted by molar-refractivity contribution is 5.95. The Bertz CT molecular complexity index is 426. The number of hydrogen-bond donors (Lipinski definition) is 2. The Morgan fingerprint density at radius 3 is 3.06 bits per heavy atom. The van der Waals surface area contributed by atoms with Crippen LogP contribution in [-0.2, 0) is 4.74 Å². The van der Waals surface area contributed by atoms with Crippen molar-refractivity contribution in [2.75, 3.05) is 25.1 Å². The topological polar surface area (TPSA) is 64.3 Å². The molecule has 4 nitrogen and oxygen atoms in total. The lowest BCUT2D eigenvalue weighted by atomic mass is 10.0. The van der Waals surface area contributed by atoms with Crippen molar-refractivity contribution in [2.45, 2.75) is 19.8 Å². The molecule has 1 saturated heterocycles. The minimum atomic E-state index is -0.378. The zero-order valence-corrected chi connectivity index (χ0v) is 10.7. The number of carbonyl (C=O) groups is 1. The second kappa shape index (κ2) is 5.87. The number of ether oxygens (including phenoxy) is 1. The molecule has 1 aromatic carbocycles. The van der Waals surface area contributed by atoms with Gasteiger partial charge in [0.25, 0.3) is 0 Å². The zero-order valence-electron chi connectivity index (χ0n) is 10.7. The highest BCUT2D eigenvalue weighted by Gasteiger charge is 2.14. The first kappa shape index (κ1) is 12.9. The molecule has 0 bridgehead atoms. The van der Waals surface area contributed by atoms with Crippen LogP contribution in [0.1, 0.15) is 28.8 Å². The van der Waals surface area contributed by atoms with Gasteiger partial charge in [-0.15, -0.1) is 0 Å². The Hall–Kier alpha value is -1.55. The second-order valence-corrected chi connectivity index (χ2v) is 4.81. The first-order chi connectivity index (χ1) is 8.68.